The van der Waals surface area contributed by atoms with Gasteiger partial charge in [0.05, 0.1) is 13.2 Å². The van der Waals surface area contributed by atoms with E-state index >= 15 is 0 Å². The second-order valence-corrected chi connectivity index (χ2v) is 5.01. The van der Waals surface area contributed by atoms with Gasteiger partial charge in [-0.05, 0) is 37.3 Å². The number of aliphatic hydroxyl groups is 1. The highest BCUT2D eigenvalue weighted by atomic mass is 35.5. The molecular formula is C16H16ClFO3. The molecule has 21 heavy (non-hydrogen) atoms. The topological polar surface area (TPSA) is 38.7 Å². The Morgan fingerprint density at radius 3 is 2.67 bits per heavy atom. The Hall–Kier alpha value is -1.78. The van der Waals surface area contributed by atoms with E-state index < -0.39 is 6.10 Å². The number of halogens is 2. The summed E-state index contributed by atoms with van der Waals surface area (Å²) in [6.45, 7) is 1.74. The van der Waals surface area contributed by atoms with E-state index in [1.807, 2.05) is 0 Å². The second-order valence-electron chi connectivity index (χ2n) is 4.60. The van der Waals surface area contributed by atoms with Crippen LogP contribution < -0.4 is 9.47 Å². The van der Waals surface area contributed by atoms with Crippen LogP contribution in [0.5, 0.6) is 11.5 Å². The van der Waals surface area contributed by atoms with Crippen LogP contribution in [0.2, 0.25) is 5.02 Å². The molecule has 0 aliphatic carbocycles. The minimum atomic E-state index is -0.686. The summed E-state index contributed by atoms with van der Waals surface area (Å²) in [5.74, 6) is 0.712. The van der Waals surface area contributed by atoms with E-state index in [2.05, 4.69) is 0 Å². The first-order valence-electron chi connectivity index (χ1n) is 6.44. The summed E-state index contributed by atoms with van der Waals surface area (Å²) in [6, 6.07) is 9.24. The number of hydrogen-bond donors (Lipinski definition) is 1. The molecule has 0 aliphatic rings. The van der Waals surface area contributed by atoms with Gasteiger partial charge in [-0.1, -0.05) is 11.6 Å². The van der Waals surface area contributed by atoms with E-state index in [0.717, 1.165) is 0 Å². The van der Waals surface area contributed by atoms with Gasteiger partial charge in [0.25, 0.3) is 0 Å². The van der Waals surface area contributed by atoms with Crippen molar-refractivity contribution in [2.45, 2.75) is 19.6 Å². The number of methoxy groups -OCH3 is 1. The molecule has 0 fully saturated rings. The molecule has 2 aromatic rings. The summed E-state index contributed by atoms with van der Waals surface area (Å²) < 4.78 is 24.0. The molecule has 1 unspecified atom stereocenters. The molecule has 2 rings (SSSR count). The molecule has 112 valence electrons. The molecule has 0 saturated heterocycles. The van der Waals surface area contributed by atoms with Gasteiger partial charge in [0.1, 0.15) is 23.9 Å². The molecule has 5 heteroatoms. The fraction of sp³-hybridized carbons (Fsp3) is 0.250. The van der Waals surface area contributed by atoms with Crippen molar-refractivity contribution in [1.29, 1.82) is 0 Å². The van der Waals surface area contributed by atoms with Crippen molar-refractivity contribution in [2.75, 3.05) is 7.11 Å². The molecule has 1 N–H and O–H groups in total. The summed E-state index contributed by atoms with van der Waals surface area (Å²) in [5.41, 5.74) is 1.17. The van der Waals surface area contributed by atoms with Crippen LogP contribution in [-0.4, -0.2) is 12.2 Å². The van der Waals surface area contributed by atoms with Crippen molar-refractivity contribution in [2.24, 2.45) is 0 Å². The van der Waals surface area contributed by atoms with E-state index in [1.165, 1.54) is 18.2 Å². The second kappa shape index (κ2) is 6.78. The fourth-order valence-corrected chi connectivity index (χ4v) is 2.09. The molecule has 0 radical (unpaired) electrons. The van der Waals surface area contributed by atoms with E-state index in [4.69, 9.17) is 21.1 Å². The largest absolute Gasteiger partial charge is 0.497 e. The maximum Gasteiger partial charge on any atom is 0.129 e. The van der Waals surface area contributed by atoms with Crippen LogP contribution in [0.15, 0.2) is 36.4 Å². The number of hydrogen-bond acceptors (Lipinski definition) is 3. The average Bonchev–Trinajstić information content (AvgIpc) is 2.47. The highest BCUT2D eigenvalue weighted by Gasteiger charge is 2.12. The molecule has 0 amide bonds. The van der Waals surface area contributed by atoms with Gasteiger partial charge < -0.3 is 14.6 Å². The highest BCUT2D eigenvalue weighted by Crippen LogP contribution is 2.30. The van der Waals surface area contributed by atoms with Crippen LogP contribution in [0.4, 0.5) is 4.39 Å². The lowest BCUT2D eigenvalue weighted by atomic mass is 10.1. The first-order valence-corrected chi connectivity index (χ1v) is 6.81. The number of ether oxygens (including phenoxy) is 2. The molecule has 0 aromatic heterocycles. The zero-order chi connectivity index (χ0) is 15.4. The Labute approximate surface area is 127 Å². The zero-order valence-electron chi connectivity index (χ0n) is 11.8. The lowest BCUT2D eigenvalue weighted by molar-refractivity contribution is 0.190. The van der Waals surface area contributed by atoms with Crippen LogP contribution in [0, 0.1) is 5.82 Å². The Bertz CT molecular complexity index is 629. The van der Waals surface area contributed by atoms with E-state index in [0.29, 0.717) is 27.6 Å². The maximum atomic E-state index is 13.2. The summed E-state index contributed by atoms with van der Waals surface area (Å²) in [4.78, 5) is 0. The van der Waals surface area contributed by atoms with Gasteiger partial charge in [0.15, 0.2) is 0 Å². The smallest absolute Gasteiger partial charge is 0.129 e. The minimum Gasteiger partial charge on any atom is -0.497 e. The molecule has 0 heterocycles. The Balaban J connectivity index is 2.24. The van der Waals surface area contributed by atoms with E-state index in [1.54, 1.807) is 32.2 Å². The van der Waals surface area contributed by atoms with Crippen LogP contribution in [-0.2, 0) is 6.61 Å². The molecule has 0 saturated carbocycles. The summed E-state index contributed by atoms with van der Waals surface area (Å²) >= 11 is 6.00. The predicted molar refractivity (Wildman–Crippen MR) is 79.4 cm³/mol. The van der Waals surface area contributed by atoms with Crippen molar-refractivity contribution < 1.29 is 19.0 Å². The van der Waals surface area contributed by atoms with Gasteiger partial charge in [-0.25, -0.2) is 4.39 Å². The lowest BCUT2D eigenvalue weighted by Gasteiger charge is -2.15. The average molecular weight is 311 g/mol. The van der Waals surface area contributed by atoms with Crippen LogP contribution in [0.25, 0.3) is 0 Å². The highest BCUT2D eigenvalue weighted by molar-refractivity contribution is 6.31. The summed E-state index contributed by atoms with van der Waals surface area (Å²) in [7, 11) is 1.55. The van der Waals surface area contributed by atoms with Crippen molar-refractivity contribution in [1.82, 2.24) is 0 Å². The molecule has 0 bridgehead atoms. The van der Waals surface area contributed by atoms with Crippen LogP contribution in [0.3, 0.4) is 0 Å². The fourth-order valence-electron chi connectivity index (χ4n) is 1.92. The van der Waals surface area contributed by atoms with Crippen molar-refractivity contribution in [3.05, 3.63) is 58.4 Å². The van der Waals surface area contributed by atoms with Gasteiger partial charge in [-0.2, -0.15) is 0 Å². The van der Waals surface area contributed by atoms with Gasteiger partial charge in [0, 0.05) is 22.2 Å². The molecule has 0 spiro atoms. The van der Waals surface area contributed by atoms with Gasteiger partial charge in [0.2, 0.25) is 0 Å². The van der Waals surface area contributed by atoms with Gasteiger partial charge in [-0.3, -0.25) is 0 Å². The molecular weight excluding hydrogens is 295 g/mol. The van der Waals surface area contributed by atoms with Gasteiger partial charge >= 0.3 is 0 Å². The Morgan fingerprint density at radius 2 is 2.00 bits per heavy atom. The zero-order valence-corrected chi connectivity index (χ0v) is 12.5. The first-order chi connectivity index (χ1) is 10.0. The molecule has 1 atom stereocenters. The van der Waals surface area contributed by atoms with Crippen LogP contribution >= 0.6 is 11.6 Å². The molecule has 2 aromatic carbocycles. The number of rotatable bonds is 5. The van der Waals surface area contributed by atoms with Crippen molar-refractivity contribution >= 4 is 11.6 Å². The predicted octanol–water partition coefficient (Wildman–Crippen LogP) is 4.12. The summed E-state index contributed by atoms with van der Waals surface area (Å²) in [5, 5.41) is 10.2. The minimum absolute atomic E-state index is 0.101. The van der Waals surface area contributed by atoms with Crippen molar-refractivity contribution in [3.63, 3.8) is 0 Å². The Morgan fingerprint density at radius 1 is 1.24 bits per heavy atom. The van der Waals surface area contributed by atoms with Crippen molar-refractivity contribution in [3.8, 4) is 11.5 Å². The normalized spacial score (nSPS) is 12.0. The van der Waals surface area contributed by atoms with E-state index in [9.17, 15) is 9.50 Å². The molecule has 0 aliphatic heterocycles. The SMILES string of the molecule is COc1ccc(C(C)O)c(OCc2cc(F)ccc2Cl)c1. The standard InChI is InChI=1S/C16H16ClFO3/c1-10(19)14-5-4-13(20-2)8-16(14)21-9-11-7-12(18)3-6-15(11)17/h3-8,10,19H,9H2,1-2H3. The molecule has 3 nitrogen and oxygen atoms in total. The summed E-state index contributed by atoms with van der Waals surface area (Å²) in [6.07, 6.45) is -0.686. The third-order valence-corrected chi connectivity index (χ3v) is 3.43. The number of benzene rings is 2. The Kier molecular flexibility index (Phi) is 5.04. The first kappa shape index (κ1) is 15.6. The third-order valence-electron chi connectivity index (χ3n) is 3.06. The quantitative estimate of drug-likeness (QED) is 0.903. The number of aliphatic hydroxyl groups excluding tert-OH is 1. The van der Waals surface area contributed by atoms with Gasteiger partial charge in [-0.15, -0.1) is 0 Å². The lowest BCUT2D eigenvalue weighted by Crippen LogP contribution is -2.02. The van der Waals surface area contributed by atoms with Crippen LogP contribution in [0.1, 0.15) is 24.2 Å². The third kappa shape index (κ3) is 3.86. The monoisotopic (exact) mass is 310 g/mol. The van der Waals surface area contributed by atoms with E-state index in [-0.39, 0.29) is 12.4 Å². The maximum absolute atomic E-state index is 13.2.